The first-order chi connectivity index (χ1) is 14.1. The van der Waals surface area contributed by atoms with E-state index in [9.17, 15) is 14.0 Å². The third-order valence-electron chi connectivity index (χ3n) is 5.73. The first kappa shape index (κ1) is 18.6. The van der Waals surface area contributed by atoms with Crippen LogP contribution in [0.25, 0.3) is 0 Å². The first-order valence-electron chi connectivity index (χ1n) is 9.66. The van der Waals surface area contributed by atoms with E-state index >= 15 is 0 Å². The van der Waals surface area contributed by atoms with Crippen LogP contribution in [0, 0.1) is 5.82 Å². The number of carbonyl (C=O) groups is 2. The molecule has 3 heterocycles. The molecule has 1 spiro atoms. The van der Waals surface area contributed by atoms with Gasteiger partial charge in [0, 0.05) is 11.3 Å². The van der Waals surface area contributed by atoms with E-state index in [0.717, 1.165) is 24.3 Å². The number of thioether (sulfide) groups is 1. The van der Waals surface area contributed by atoms with Crippen LogP contribution in [0.15, 0.2) is 48.5 Å². The quantitative estimate of drug-likeness (QED) is 0.814. The second kappa shape index (κ2) is 7.12. The molecular formula is C21H21FN3O3S+. The Balaban J connectivity index is 1.59. The minimum absolute atomic E-state index is 0.113. The SMILES string of the molecule is O=C1CSC2(C(=O)N(C[NH+]3CCOCC3)c3ccccc32)N1c1ccc(F)cc1. The summed E-state index contributed by atoms with van der Waals surface area (Å²) in [6.07, 6.45) is 0. The van der Waals surface area contributed by atoms with E-state index in [2.05, 4.69) is 0 Å². The van der Waals surface area contributed by atoms with Gasteiger partial charge in [-0.1, -0.05) is 18.2 Å². The zero-order valence-corrected chi connectivity index (χ0v) is 16.6. The molecule has 3 aliphatic rings. The number of para-hydroxylation sites is 1. The standard InChI is InChI=1S/C21H20FN3O3S/c22-15-5-7-16(8-6-15)25-19(26)13-29-21(25)17-3-1-2-4-18(17)24(20(21)27)14-23-9-11-28-12-10-23/h1-8H,9-14H2/p+1. The van der Waals surface area contributed by atoms with Gasteiger partial charge in [0.05, 0.1) is 24.7 Å². The van der Waals surface area contributed by atoms with Crippen LogP contribution >= 0.6 is 11.8 Å². The number of quaternary nitrogens is 1. The predicted molar refractivity (Wildman–Crippen MR) is 108 cm³/mol. The summed E-state index contributed by atoms with van der Waals surface area (Å²) >= 11 is 1.34. The van der Waals surface area contributed by atoms with Gasteiger partial charge < -0.3 is 9.64 Å². The van der Waals surface area contributed by atoms with Crippen LogP contribution < -0.4 is 14.7 Å². The summed E-state index contributed by atoms with van der Waals surface area (Å²) in [5, 5.41) is 0. The van der Waals surface area contributed by atoms with Crippen molar-refractivity contribution in [2.45, 2.75) is 4.87 Å². The number of benzene rings is 2. The third-order valence-corrected chi connectivity index (χ3v) is 7.12. The molecule has 1 atom stereocenters. The summed E-state index contributed by atoms with van der Waals surface area (Å²) in [4.78, 5) is 30.2. The molecule has 2 saturated heterocycles. The van der Waals surface area contributed by atoms with Gasteiger partial charge in [-0.15, -0.1) is 11.8 Å². The van der Waals surface area contributed by atoms with Crippen molar-refractivity contribution in [2.24, 2.45) is 0 Å². The zero-order chi connectivity index (χ0) is 20.0. The molecular weight excluding hydrogens is 393 g/mol. The fraction of sp³-hybridized carbons (Fsp3) is 0.333. The maximum absolute atomic E-state index is 13.8. The molecule has 6 nitrogen and oxygen atoms in total. The van der Waals surface area contributed by atoms with Crippen LogP contribution in [0.2, 0.25) is 0 Å². The highest BCUT2D eigenvalue weighted by atomic mass is 32.2. The lowest BCUT2D eigenvalue weighted by molar-refractivity contribution is -0.906. The van der Waals surface area contributed by atoms with Crippen molar-refractivity contribution < 1.29 is 23.6 Å². The Hall–Kier alpha value is -2.42. The summed E-state index contributed by atoms with van der Waals surface area (Å²) in [7, 11) is 0. The van der Waals surface area contributed by atoms with Gasteiger partial charge in [-0.25, -0.2) is 4.39 Å². The summed E-state index contributed by atoms with van der Waals surface area (Å²) in [6.45, 7) is 3.57. The molecule has 150 valence electrons. The van der Waals surface area contributed by atoms with Gasteiger partial charge in [0.25, 0.3) is 5.91 Å². The van der Waals surface area contributed by atoms with Crippen LogP contribution in [0.5, 0.6) is 0 Å². The van der Waals surface area contributed by atoms with Gasteiger partial charge in [0.2, 0.25) is 10.8 Å². The van der Waals surface area contributed by atoms with Crippen LogP contribution in [-0.4, -0.2) is 50.5 Å². The minimum atomic E-state index is -1.14. The third kappa shape index (κ3) is 2.86. The lowest BCUT2D eigenvalue weighted by Gasteiger charge is -2.34. The topological polar surface area (TPSA) is 54.3 Å². The average molecular weight is 414 g/mol. The van der Waals surface area contributed by atoms with Gasteiger partial charge in [-0.3, -0.25) is 19.4 Å². The van der Waals surface area contributed by atoms with Crippen LogP contribution in [-0.2, 0) is 19.2 Å². The maximum atomic E-state index is 13.8. The van der Waals surface area contributed by atoms with Crippen molar-refractivity contribution in [3.8, 4) is 0 Å². The molecule has 3 aliphatic heterocycles. The van der Waals surface area contributed by atoms with Gasteiger partial charge >= 0.3 is 0 Å². The normalized spacial score (nSPS) is 24.6. The van der Waals surface area contributed by atoms with E-state index in [1.54, 1.807) is 21.9 Å². The molecule has 0 bridgehead atoms. The molecule has 1 N–H and O–H groups in total. The highest BCUT2D eigenvalue weighted by Gasteiger charge is 2.61. The monoisotopic (exact) mass is 414 g/mol. The highest BCUT2D eigenvalue weighted by molar-refractivity contribution is 8.02. The van der Waals surface area contributed by atoms with Gasteiger partial charge in [0.15, 0.2) is 6.67 Å². The number of anilines is 2. The Morgan fingerprint density at radius 2 is 1.79 bits per heavy atom. The van der Waals surface area contributed by atoms with E-state index in [0.29, 0.717) is 25.6 Å². The molecule has 29 heavy (non-hydrogen) atoms. The van der Waals surface area contributed by atoms with Crippen molar-refractivity contribution in [3.63, 3.8) is 0 Å². The number of hydrogen-bond acceptors (Lipinski definition) is 4. The number of ether oxygens (including phenoxy) is 1. The average Bonchev–Trinajstić information content (AvgIpc) is 3.21. The van der Waals surface area contributed by atoms with Gasteiger partial charge in [0.1, 0.15) is 18.9 Å². The van der Waals surface area contributed by atoms with Gasteiger partial charge in [-0.2, -0.15) is 0 Å². The van der Waals surface area contributed by atoms with Crippen LogP contribution in [0.4, 0.5) is 15.8 Å². The maximum Gasteiger partial charge on any atom is 0.273 e. The number of hydrogen-bond donors (Lipinski definition) is 1. The zero-order valence-electron chi connectivity index (χ0n) is 15.8. The summed E-state index contributed by atoms with van der Waals surface area (Å²) in [5.41, 5.74) is 2.19. The number of nitrogens with one attached hydrogen (secondary N) is 1. The molecule has 0 aromatic heterocycles. The van der Waals surface area contributed by atoms with Crippen molar-refractivity contribution >= 4 is 35.0 Å². The number of amides is 2. The Kier molecular flexibility index (Phi) is 4.57. The van der Waals surface area contributed by atoms with Crippen molar-refractivity contribution in [3.05, 3.63) is 59.9 Å². The summed E-state index contributed by atoms with van der Waals surface area (Å²) in [6, 6.07) is 13.4. The summed E-state index contributed by atoms with van der Waals surface area (Å²) in [5.74, 6) is -0.434. The fourth-order valence-corrected chi connectivity index (χ4v) is 5.70. The lowest BCUT2D eigenvalue weighted by Crippen LogP contribution is -3.15. The molecule has 0 aliphatic carbocycles. The molecule has 2 aromatic carbocycles. The largest absolute Gasteiger partial charge is 0.370 e. The molecule has 2 amide bonds. The van der Waals surface area contributed by atoms with E-state index in [1.165, 1.54) is 28.8 Å². The molecule has 0 saturated carbocycles. The molecule has 1 unspecified atom stereocenters. The van der Waals surface area contributed by atoms with Gasteiger partial charge in [-0.05, 0) is 30.3 Å². The first-order valence-corrected chi connectivity index (χ1v) is 10.7. The molecule has 0 radical (unpaired) electrons. The fourth-order valence-electron chi connectivity index (χ4n) is 4.34. The van der Waals surface area contributed by atoms with Crippen molar-refractivity contribution in [2.75, 3.05) is 48.5 Å². The highest BCUT2D eigenvalue weighted by Crippen LogP contribution is 2.55. The van der Waals surface area contributed by atoms with E-state index in [4.69, 9.17) is 4.74 Å². The number of carbonyl (C=O) groups excluding carboxylic acids is 2. The van der Waals surface area contributed by atoms with E-state index in [-0.39, 0.29) is 23.4 Å². The molecule has 2 aromatic rings. The molecule has 5 rings (SSSR count). The Labute approximate surface area is 172 Å². The number of fused-ring (bicyclic) bond motifs is 2. The number of rotatable bonds is 3. The molecule has 2 fully saturated rings. The van der Waals surface area contributed by atoms with E-state index < -0.39 is 4.87 Å². The number of halogens is 1. The van der Waals surface area contributed by atoms with Crippen LogP contribution in [0.3, 0.4) is 0 Å². The lowest BCUT2D eigenvalue weighted by atomic mass is 10.0. The Bertz CT molecular complexity index is 964. The minimum Gasteiger partial charge on any atom is -0.370 e. The Morgan fingerprint density at radius 1 is 1.07 bits per heavy atom. The number of nitrogens with zero attached hydrogens (tertiary/aromatic N) is 2. The van der Waals surface area contributed by atoms with Crippen LogP contribution in [0.1, 0.15) is 5.56 Å². The van der Waals surface area contributed by atoms with E-state index in [1.807, 2.05) is 24.3 Å². The Morgan fingerprint density at radius 3 is 2.55 bits per heavy atom. The number of morpholine rings is 1. The summed E-state index contributed by atoms with van der Waals surface area (Å²) < 4.78 is 18.9. The van der Waals surface area contributed by atoms with Crippen molar-refractivity contribution in [1.82, 2.24) is 0 Å². The second-order valence-electron chi connectivity index (χ2n) is 7.41. The predicted octanol–water partition coefficient (Wildman–Crippen LogP) is 0.978. The molecule has 8 heteroatoms. The second-order valence-corrected chi connectivity index (χ2v) is 8.58. The van der Waals surface area contributed by atoms with Crippen molar-refractivity contribution in [1.29, 1.82) is 0 Å². The smallest absolute Gasteiger partial charge is 0.273 e.